The van der Waals surface area contributed by atoms with Gasteiger partial charge in [0.2, 0.25) is 11.8 Å². The van der Waals surface area contributed by atoms with Crippen molar-refractivity contribution in [3.05, 3.63) is 11.9 Å². The molecule has 1 N–H and O–H groups in total. The van der Waals surface area contributed by atoms with E-state index in [2.05, 4.69) is 22.2 Å². The molecule has 5 heteroatoms. The zero-order valence-corrected chi connectivity index (χ0v) is 12.2. The molecule has 1 atom stereocenters. The molecule has 1 aromatic rings. The van der Waals surface area contributed by atoms with Gasteiger partial charge in [-0.3, -0.25) is 0 Å². The van der Waals surface area contributed by atoms with Crippen LogP contribution in [-0.4, -0.2) is 31.2 Å². The fourth-order valence-electron chi connectivity index (χ4n) is 3.10. The van der Waals surface area contributed by atoms with Crippen molar-refractivity contribution in [1.29, 1.82) is 0 Å². The molecule has 1 heterocycles. The molecule has 2 rings (SSSR count). The molecule has 1 aromatic heterocycles. The van der Waals surface area contributed by atoms with Crippen LogP contribution in [0, 0.1) is 5.41 Å². The summed E-state index contributed by atoms with van der Waals surface area (Å²) in [7, 11) is 5.17. The van der Waals surface area contributed by atoms with Crippen LogP contribution in [-0.2, 0) is 0 Å². The molecule has 0 radical (unpaired) electrons. The van der Waals surface area contributed by atoms with Gasteiger partial charge in [0.25, 0.3) is 0 Å². The van der Waals surface area contributed by atoms with E-state index in [0.717, 1.165) is 5.69 Å². The Morgan fingerprint density at radius 3 is 2.47 bits per heavy atom. The molecule has 5 nitrogen and oxygen atoms in total. The van der Waals surface area contributed by atoms with Crippen molar-refractivity contribution in [3.8, 4) is 11.8 Å². The van der Waals surface area contributed by atoms with Gasteiger partial charge in [-0.25, -0.2) is 4.98 Å². The first kappa shape index (κ1) is 14.1. The molecule has 0 saturated heterocycles. The van der Waals surface area contributed by atoms with Gasteiger partial charge in [0.1, 0.15) is 5.69 Å². The number of rotatable bonds is 5. The normalized spacial score (nSPS) is 19.2. The van der Waals surface area contributed by atoms with Gasteiger partial charge >= 0.3 is 0 Å². The molecule has 19 heavy (non-hydrogen) atoms. The van der Waals surface area contributed by atoms with Crippen LogP contribution in [0.15, 0.2) is 6.20 Å². The highest BCUT2D eigenvalue weighted by Crippen LogP contribution is 2.48. The summed E-state index contributed by atoms with van der Waals surface area (Å²) in [6, 6.07) is 0.156. The van der Waals surface area contributed by atoms with E-state index < -0.39 is 0 Å². The fourth-order valence-corrected chi connectivity index (χ4v) is 3.10. The molecule has 0 aromatic carbocycles. The lowest BCUT2D eigenvalue weighted by Gasteiger charge is -2.33. The number of hydrogen-bond acceptors (Lipinski definition) is 5. The average molecular weight is 265 g/mol. The second-order valence-corrected chi connectivity index (χ2v) is 5.39. The molecule has 0 spiro atoms. The maximum absolute atomic E-state index is 5.38. The van der Waals surface area contributed by atoms with Crippen molar-refractivity contribution in [2.24, 2.45) is 5.41 Å². The Morgan fingerprint density at radius 1 is 1.26 bits per heavy atom. The molecule has 0 aliphatic heterocycles. The van der Waals surface area contributed by atoms with E-state index in [4.69, 9.17) is 9.47 Å². The first-order valence-electron chi connectivity index (χ1n) is 6.77. The third-order valence-corrected chi connectivity index (χ3v) is 4.15. The zero-order chi connectivity index (χ0) is 13.9. The smallest absolute Gasteiger partial charge is 0.240 e. The predicted molar refractivity (Wildman–Crippen MR) is 73.5 cm³/mol. The van der Waals surface area contributed by atoms with Gasteiger partial charge in [0, 0.05) is 0 Å². The van der Waals surface area contributed by atoms with Gasteiger partial charge in [-0.15, -0.1) is 0 Å². The first-order valence-corrected chi connectivity index (χ1v) is 6.77. The molecule has 106 valence electrons. The SMILES string of the molecule is CNC(c1ncc(OC)nc1OC)C1(C)CCCC1. The number of ether oxygens (including phenoxy) is 2. The lowest BCUT2D eigenvalue weighted by atomic mass is 9.79. The van der Waals surface area contributed by atoms with Gasteiger partial charge in [-0.2, -0.15) is 4.98 Å². The van der Waals surface area contributed by atoms with E-state index >= 15 is 0 Å². The number of hydrogen-bond donors (Lipinski definition) is 1. The second-order valence-electron chi connectivity index (χ2n) is 5.39. The quantitative estimate of drug-likeness (QED) is 0.885. The zero-order valence-electron chi connectivity index (χ0n) is 12.2. The molecule has 1 aliphatic carbocycles. The average Bonchev–Trinajstić information content (AvgIpc) is 2.87. The summed E-state index contributed by atoms with van der Waals surface area (Å²) in [5.41, 5.74) is 1.08. The minimum Gasteiger partial charge on any atom is -0.480 e. The van der Waals surface area contributed by atoms with E-state index in [9.17, 15) is 0 Å². The van der Waals surface area contributed by atoms with E-state index in [0.29, 0.717) is 11.8 Å². The number of nitrogens with one attached hydrogen (secondary N) is 1. The van der Waals surface area contributed by atoms with Gasteiger partial charge in [0.05, 0.1) is 26.5 Å². The highest BCUT2D eigenvalue weighted by molar-refractivity contribution is 5.27. The first-order chi connectivity index (χ1) is 9.14. The molecule has 0 bridgehead atoms. The van der Waals surface area contributed by atoms with E-state index in [1.165, 1.54) is 25.7 Å². The topological polar surface area (TPSA) is 56.3 Å². The maximum atomic E-state index is 5.38. The molecule has 1 aliphatic rings. The van der Waals surface area contributed by atoms with Crippen molar-refractivity contribution in [2.75, 3.05) is 21.3 Å². The molecule has 1 saturated carbocycles. The summed E-state index contributed by atoms with van der Waals surface area (Å²) in [5, 5.41) is 3.39. The second kappa shape index (κ2) is 5.74. The van der Waals surface area contributed by atoms with Crippen molar-refractivity contribution < 1.29 is 9.47 Å². The third-order valence-electron chi connectivity index (χ3n) is 4.15. The Hall–Kier alpha value is -1.36. The maximum Gasteiger partial charge on any atom is 0.240 e. The predicted octanol–water partition coefficient (Wildman–Crippen LogP) is 2.33. The summed E-state index contributed by atoms with van der Waals surface area (Å²) < 4.78 is 10.5. The summed E-state index contributed by atoms with van der Waals surface area (Å²) in [5.74, 6) is 1.03. The van der Waals surface area contributed by atoms with Gasteiger partial charge < -0.3 is 14.8 Å². The van der Waals surface area contributed by atoms with Crippen LogP contribution in [0.5, 0.6) is 11.8 Å². The van der Waals surface area contributed by atoms with Crippen LogP contribution in [0.2, 0.25) is 0 Å². The van der Waals surface area contributed by atoms with Crippen LogP contribution in [0.3, 0.4) is 0 Å². The number of aromatic nitrogens is 2. The molecular weight excluding hydrogens is 242 g/mol. The third kappa shape index (κ3) is 2.66. The molecule has 1 unspecified atom stereocenters. The minimum absolute atomic E-state index is 0.156. The number of methoxy groups -OCH3 is 2. The highest BCUT2D eigenvalue weighted by Gasteiger charge is 2.39. The minimum atomic E-state index is 0.156. The standard InChI is InChI=1S/C14H23N3O2/c1-14(7-5-6-8-14)12(15-2)11-13(19-4)17-10(18-3)9-16-11/h9,12,15H,5-8H2,1-4H3. The van der Waals surface area contributed by atoms with Crippen molar-refractivity contribution >= 4 is 0 Å². The Balaban J connectivity index is 2.37. The Labute approximate surface area is 114 Å². The van der Waals surface area contributed by atoms with Gasteiger partial charge in [-0.05, 0) is 25.3 Å². The fraction of sp³-hybridized carbons (Fsp3) is 0.714. The largest absolute Gasteiger partial charge is 0.480 e. The van der Waals surface area contributed by atoms with Crippen LogP contribution in [0.1, 0.15) is 44.3 Å². The summed E-state index contributed by atoms with van der Waals surface area (Å²) >= 11 is 0. The van der Waals surface area contributed by atoms with Crippen LogP contribution in [0.25, 0.3) is 0 Å². The van der Waals surface area contributed by atoms with E-state index in [1.54, 1.807) is 20.4 Å². The Morgan fingerprint density at radius 2 is 1.95 bits per heavy atom. The lowest BCUT2D eigenvalue weighted by Crippen LogP contribution is -2.33. The molecular formula is C14H23N3O2. The van der Waals surface area contributed by atoms with Gasteiger partial charge in [0.15, 0.2) is 0 Å². The monoisotopic (exact) mass is 265 g/mol. The molecule has 1 fully saturated rings. The Bertz CT molecular complexity index is 431. The van der Waals surface area contributed by atoms with Crippen molar-refractivity contribution in [3.63, 3.8) is 0 Å². The van der Waals surface area contributed by atoms with Crippen LogP contribution in [0.4, 0.5) is 0 Å². The van der Waals surface area contributed by atoms with Crippen molar-refractivity contribution in [2.45, 2.75) is 38.6 Å². The molecule has 0 amide bonds. The van der Waals surface area contributed by atoms with Crippen LogP contribution >= 0.6 is 0 Å². The summed E-state index contributed by atoms with van der Waals surface area (Å²) in [6.07, 6.45) is 6.62. The van der Waals surface area contributed by atoms with E-state index in [-0.39, 0.29) is 11.5 Å². The number of nitrogens with zero attached hydrogens (tertiary/aromatic N) is 2. The van der Waals surface area contributed by atoms with Crippen molar-refractivity contribution in [1.82, 2.24) is 15.3 Å². The summed E-state index contributed by atoms with van der Waals surface area (Å²) in [6.45, 7) is 2.31. The van der Waals surface area contributed by atoms with E-state index in [1.807, 2.05) is 7.05 Å². The van der Waals surface area contributed by atoms with Gasteiger partial charge in [-0.1, -0.05) is 19.8 Å². The highest BCUT2D eigenvalue weighted by atomic mass is 16.5. The Kier molecular flexibility index (Phi) is 4.24. The lowest BCUT2D eigenvalue weighted by molar-refractivity contribution is 0.221. The van der Waals surface area contributed by atoms with Crippen LogP contribution < -0.4 is 14.8 Å². The summed E-state index contributed by atoms with van der Waals surface area (Å²) in [4.78, 5) is 8.84.